The molecule has 49 heavy (non-hydrogen) atoms. The summed E-state index contributed by atoms with van der Waals surface area (Å²) in [6.45, 7) is 5.04. The van der Waals surface area contributed by atoms with Crippen LogP contribution in [0.1, 0.15) is 58.5 Å². The number of methoxy groups -OCH3 is 3. The highest BCUT2D eigenvalue weighted by Gasteiger charge is 2.36. The van der Waals surface area contributed by atoms with E-state index in [0.29, 0.717) is 80.7 Å². The predicted octanol–water partition coefficient (Wildman–Crippen LogP) is 4.10. The molecule has 3 aromatic rings. The monoisotopic (exact) mass is 673 g/mol. The van der Waals surface area contributed by atoms with Gasteiger partial charge in [-0.15, -0.1) is 0 Å². The first-order valence-electron chi connectivity index (χ1n) is 16.7. The second-order valence-electron chi connectivity index (χ2n) is 12.6. The molecule has 3 aliphatic rings. The van der Waals surface area contributed by atoms with Crippen LogP contribution in [0.4, 0.5) is 16.2 Å². The number of aromatic nitrogens is 1. The Morgan fingerprint density at radius 2 is 1.59 bits per heavy atom. The van der Waals surface area contributed by atoms with Crippen LogP contribution in [0.2, 0.25) is 0 Å². The zero-order chi connectivity index (χ0) is 34.7. The topological polar surface area (TPSA) is 141 Å². The number of benzene rings is 2. The number of carbonyl (C=O) groups excluding carboxylic acids is 3. The zero-order valence-electron chi connectivity index (χ0n) is 28.3. The fraction of sp³-hybridized carbons (Fsp3) is 0.444. The van der Waals surface area contributed by atoms with Crippen LogP contribution < -0.4 is 35.3 Å². The predicted molar refractivity (Wildman–Crippen MR) is 183 cm³/mol. The zero-order valence-corrected chi connectivity index (χ0v) is 28.3. The Labute approximate surface area is 285 Å². The van der Waals surface area contributed by atoms with E-state index in [1.165, 1.54) is 21.3 Å². The number of likely N-dealkylation sites (tertiary alicyclic amines) is 1. The number of fused-ring (bicyclic) bond motifs is 4. The number of carbonyl (C=O) groups is 3. The summed E-state index contributed by atoms with van der Waals surface area (Å²) < 4.78 is 23.4. The van der Waals surface area contributed by atoms with Gasteiger partial charge in [-0.3, -0.25) is 14.4 Å². The Bertz CT molecular complexity index is 1760. The van der Waals surface area contributed by atoms with Crippen LogP contribution >= 0.6 is 0 Å². The molecule has 0 aliphatic carbocycles. The number of hydrogen-bond donors (Lipinski definition) is 2. The van der Waals surface area contributed by atoms with E-state index in [4.69, 9.17) is 18.9 Å². The fourth-order valence-corrected chi connectivity index (χ4v) is 7.24. The van der Waals surface area contributed by atoms with Gasteiger partial charge >= 0.3 is 6.09 Å². The fourth-order valence-electron chi connectivity index (χ4n) is 7.24. The average Bonchev–Trinajstić information content (AvgIpc) is 3.11. The van der Waals surface area contributed by atoms with Crippen molar-refractivity contribution in [3.63, 3.8) is 0 Å². The quantitative estimate of drug-likeness (QED) is 0.344. The molecule has 0 saturated carbocycles. The van der Waals surface area contributed by atoms with Crippen molar-refractivity contribution in [3.8, 4) is 17.2 Å². The molecule has 1 aromatic heterocycles. The van der Waals surface area contributed by atoms with Crippen LogP contribution in [0.5, 0.6) is 17.2 Å². The molecule has 260 valence electrons. The molecule has 2 saturated heterocycles. The van der Waals surface area contributed by atoms with Crippen LogP contribution in [0.25, 0.3) is 0 Å². The van der Waals surface area contributed by atoms with Crippen LogP contribution in [0, 0.1) is 5.92 Å². The average molecular weight is 674 g/mol. The van der Waals surface area contributed by atoms with Gasteiger partial charge in [0.05, 0.1) is 39.3 Å². The number of amides is 3. The number of ether oxygens (including phenoxy) is 4. The molecular formula is C36H43N5O8. The van der Waals surface area contributed by atoms with Gasteiger partial charge in [-0.2, -0.15) is 0 Å². The Kier molecular flexibility index (Phi) is 9.97. The lowest BCUT2D eigenvalue weighted by Crippen LogP contribution is -2.47. The molecular weight excluding hydrogens is 630 g/mol. The molecule has 2 fully saturated rings. The van der Waals surface area contributed by atoms with Crippen molar-refractivity contribution in [1.29, 1.82) is 0 Å². The van der Waals surface area contributed by atoms with Crippen molar-refractivity contribution in [2.45, 2.75) is 44.7 Å². The Hall–Kier alpha value is -5.20. The van der Waals surface area contributed by atoms with Gasteiger partial charge in [0.15, 0.2) is 11.5 Å². The van der Waals surface area contributed by atoms with Crippen LogP contribution in [-0.2, 0) is 11.3 Å². The summed E-state index contributed by atoms with van der Waals surface area (Å²) in [6, 6.07) is 13.8. The third kappa shape index (κ3) is 7.01. The maximum absolute atomic E-state index is 13.8. The molecule has 2 aromatic carbocycles. The van der Waals surface area contributed by atoms with Gasteiger partial charge in [0.1, 0.15) is 0 Å². The first-order valence-corrected chi connectivity index (χ1v) is 16.7. The van der Waals surface area contributed by atoms with Crippen molar-refractivity contribution < 1.29 is 33.3 Å². The van der Waals surface area contributed by atoms with Crippen LogP contribution in [-0.4, -0.2) is 87.5 Å². The molecule has 13 nitrogen and oxygen atoms in total. The minimum Gasteiger partial charge on any atom is -0.493 e. The van der Waals surface area contributed by atoms with Gasteiger partial charge < -0.3 is 43.9 Å². The van der Waals surface area contributed by atoms with E-state index in [1.54, 1.807) is 42.2 Å². The lowest BCUT2D eigenvalue weighted by atomic mass is 9.83. The maximum atomic E-state index is 13.8. The Balaban J connectivity index is 1.28. The highest BCUT2D eigenvalue weighted by atomic mass is 16.6. The van der Waals surface area contributed by atoms with E-state index in [2.05, 4.69) is 15.5 Å². The number of anilines is 2. The lowest BCUT2D eigenvalue weighted by molar-refractivity contribution is 0.0859. The second-order valence-corrected chi connectivity index (χ2v) is 12.6. The third-order valence-electron chi connectivity index (χ3n) is 9.61. The summed E-state index contributed by atoms with van der Waals surface area (Å²) >= 11 is 0. The van der Waals surface area contributed by atoms with Gasteiger partial charge in [-0.1, -0.05) is 6.07 Å². The lowest BCUT2D eigenvalue weighted by Gasteiger charge is -2.44. The first kappa shape index (κ1) is 33.7. The normalized spacial score (nSPS) is 18.6. The van der Waals surface area contributed by atoms with Crippen molar-refractivity contribution in [2.75, 3.05) is 64.3 Å². The highest BCUT2D eigenvalue weighted by Crippen LogP contribution is 2.41. The minimum atomic E-state index is -0.418. The molecule has 13 heteroatoms. The van der Waals surface area contributed by atoms with Gasteiger partial charge in [-0.05, 0) is 68.5 Å². The number of nitrogens with one attached hydrogen (secondary N) is 2. The molecule has 2 unspecified atom stereocenters. The summed E-state index contributed by atoms with van der Waals surface area (Å²) in [4.78, 5) is 56.1. The molecule has 2 atom stereocenters. The van der Waals surface area contributed by atoms with Crippen molar-refractivity contribution in [3.05, 3.63) is 75.7 Å². The number of rotatable bonds is 9. The van der Waals surface area contributed by atoms with E-state index in [-0.39, 0.29) is 41.0 Å². The molecule has 6 rings (SSSR count). The molecule has 0 radical (unpaired) electrons. The van der Waals surface area contributed by atoms with Crippen molar-refractivity contribution >= 4 is 29.3 Å². The standard InChI is InChI=1S/C36H43N5O8/c1-5-49-36(45)39-13-11-26(12-14-39)37-34(43)23-9-10-29(40-19-22-15-25(21-40)28-7-6-8-32(42)41(28)20-22)27(16-23)38-35(44)24-17-30(46-2)33(48-4)31(18-24)47-3/h6-10,16-18,22,25-26H,5,11-15,19-21H2,1-4H3,(H,37,43)(H,38,44). The van der Waals surface area contributed by atoms with Crippen LogP contribution in [0.3, 0.4) is 0 Å². The van der Waals surface area contributed by atoms with Gasteiger partial charge in [-0.25, -0.2) is 4.79 Å². The van der Waals surface area contributed by atoms with E-state index in [0.717, 1.165) is 17.8 Å². The Morgan fingerprint density at radius 3 is 2.27 bits per heavy atom. The number of piperidine rings is 2. The van der Waals surface area contributed by atoms with E-state index < -0.39 is 5.91 Å². The molecule has 2 N–H and O–H groups in total. The molecule has 3 aliphatic heterocycles. The van der Waals surface area contributed by atoms with Gasteiger partial charge in [0.2, 0.25) is 5.75 Å². The summed E-state index contributed by atoms with van der Waals surface area (Å²) in [6.07, 6.45) is 1.85. The van der Waals surface area contributed by atoms with Crippen molar-refractivity contribution in [2.24, 2.45) is 5.92 Å². The van der Waals surface area contributed by atoms with E-state index in [1.807, 2.05) is 22.8 Å². The highest BCUT2D eigenvalue weighted by molar-refractivity contribution is 6.08. The molecule has 4 heterocycles. The third-order valence-corrected chi connectivity index (χ3v) is 9.61. The largest absolute Gasteiger partial charge is 0.493 e. The summed E-state index contributed by atoms with van der Waals surface area (Å²) in [5, 5.41) is 6.17. The van der Waals surface area contributed by atoms with Crippen molar-refractivity contribution in [1.82, 2.24) is 14.8 Å². The SMILES string of the molecule is CCOC(=O)N1CCC(NC(=O)c2ccc(N3CC4CC(C3)c3cccc(=O)n3C4)c(NC(=O)c3cc(OC)c(OC)c(OC)c3)c2)CC1. The summed E-state index contributed by atoms with van der Waals surface area (Å²) in [5.74, 6) is 0.746. The van der Waals surface area contributed by atoms with E-state index >= 15 is 0 Å². The minimum absolute atomic E-state index is 0.0147. The molecule has 2 bridgehead atoms. The van der Waals surface area contributed by atoms with Gasteiger partial charge in [0.25, 0.3) is 17.4 Å². The number of pyridine rings is 1. The number of hydrogen-bond acceptors (Lipinski definition) is 9. The van der Waals surface area contributed by atoms with Gasteiger partial charge in [0, 0.05) is 67.6 Å². The molecule has 3 amide bonds. The molecule has 0 spiro atoms. The second kappa shape index (κ2) is 14.5. The Morgan fingerprint density at radius 1 is 0.857 bits per heavy atom. The smallest absolute Gasteiger partial charge is 0.409 e. The maximum Gasteiger partial charge on any atom is 0.409 e. The summed E-state index contributed by atoms with van der Waals surface area (Å²) in [5.41, 5.74) is 2.97. The first-order chi connectivity index (χ1) is 23.7. The van der Waals surface area contributed by atoms with Crippen LogP contribution in [0.15, 0.2) is 53.3 Å². The summed E-state index contributed by atoms with van der Waals surface area (Å²) in [7, 11) is 4.47. The number of nitrogens with zero attached hydrogens (tertiary/aromatic N) is 3. The van der Waals surface area contributed by atoms with E-state index in [9.17, 15) is 19.2 Å².